The Labute approximate surface area is 193 Å². The molecule has 2 aromatic carbocycles. The molecule has 0 saturated heterocycles. The Kier molecular flexibility index (Phi) is 9.08. The Morgan fingerprint density at radius 2 is 1.75 bits per heavy atom. The molecule has 174 valence electrons. The Morgan fingerprint density at radius 1 is 1.09 bits per heavy atom. The highest BCUT2D eigenvalue weighted by molar-refractivity contribution is 6.30. The summed E-state index contributed by atoms with van der Waals surface area (Å²) >= 11 is 5.95. The molecule has 2 rings (SSSR count). The normalized spacial score (nSPS) is 14.2. The van der Waals surface area contributed by atoms with Crippen LogP contribution in [0.5, 0.6) is 5.75 Å². The smallest absolute Gasteiger partial charge is 0.309 e. The molecular formula is C25H30ClFO5. The van der Waals surface area contributed by atoms with Crippen molar-refractivity contribution in [2.45, 2.75) is 65.3 Å². The zero-order valence-corrected chi connectivity index (χ0v) is 19.8. The van der Waals surface area contributed by atoms with Crippen LogP contribution in [-0.2, 0) is 19.1 Å². The number of hydrogen-bond donors (Lipinski definition) is 0. The summed E-state index contributed by atoms with van der Waals surface area (Å²) in [5.41, 5.74) is 0.110. The lowest BCUT2D eigenvalue weighted by atomic mass is 10.0. The molecule has 0 fully saturated rings. The number of rotatable bonds is 9. The lowest BCUT2D eigenvalue weighted by molar-refractivity contribution is -0.166. The first-order valence-corrected chi connectivity index (χ1v) is 11.0. The topological polar surface area (TPSA) is 61.8 Å². The van der Waals surface area contributed by atoms with E-state index in [1.54, 1.807) is 34.6 Å². The first-order chi connectivity index (χ1) is 15.0. The van der Waals surface area contributed by atoms with E-state index in [1.807, 2.05) is 30.3 Å². The second-order valence-corrected chi connectivity index (χ2v) is 9.03. The van der Waals surface area contributed by atoms with E-state index in [9.17, 15) is 14.0 Å². The van der Waals surface area contributed by atoms with Crippen molar-refractivity contribution in [3.8, 4) is 5.75 Å². The third-order valence-corrected chi connectivity index (χ3v) is 4.83. The van der Waals surface area contributed by atoms with E-state index in [1.165, 1.54) is 18.2 Å². The minimum absolute atomic E-state index is 0.0737. The molecule has 0 radical (unpaired) electrons. The molecule has 0 aromatic heterocycles. The van der Waals surface area contributed by atoms with Crippen LogP contribution < -0.4 is 4.74 Å². The van der Waals surface area contributed by atoms with Crippen molar-refractivity contribution in [2.75, 3.05) is 0 Å². The van der Waals surface area contributed by atoms with Crippen LogP contribution in [0.3, 0.4) is 0 Å². The fourth-order valence-corrected chi connectivity index (χ4v) is 3.35. The van der Waals surface area contributed by atoms with E-state index in [4.69, 9.17) is 25.8 Å². The first-order valence-electron chi connectivity index (χ1n) is 10.6. The van der Waals surface area contributed by atoms with E-state index >= 15 is 0 Å². The average Bonchev–Trinajstić information content (AvgIpc) is 2.68. The minimum Gasteiger partial charge on any atom is -0.482 e. The third-order valence-electron chi connectivity index (χ3n) is 4.61. The zero-order chi connectivity index (χ0) is 23.9. The Bertz CT molecular complexity index is 890. The van der Waals surface area contributed by atoms with Crippen LogP contribution in [0.25, 0.3) is 0 Å². The van der Waals surface area contributed by atoms with Gasteiger partial charge in [0.1, 0.15) is 23.3 Å². The standard InChI is InChI=1S/C25H30ClFO5/c1-6-17(12-22(28)32-25(3,4)5)24(29)30-16(2)23(18-10-8-7-9-11-18)31-21-14-19(26)13-20(27)15-21/h7-11,13-17,23H,6,12H2,1-5H3/t16-,17+,23-/m0/s1. The third kappa shape index (κ3) is 8.15. The number of hydrogen-bond acceptors (Lipinski definition) is 5. The summed E-state index contributed by atoms with van der Waals surface area (Å²) in [6.45, 7) is 8.81. The number of benzene rings is 2. The Morgan fingerprint density at radius 3 is 2.31 bits per heavy atom. The minimum atomic E-state index is -0.723. The van der Waals surface area contributed by atoms with Gasteiger partial charge in [0.05, 0.1) is 12.3 Å². The Hall–Kier alpha value is -2.60. The van der Waals surface area contributed by atoms with Gasteiger partial charge in [-0.1, -0.05) is 48.9 Å². The molecule has 2 aromatic rings. The number of carbonyl (C=O) groups excluding carboxylic acids is 2. The molecule has 0 aliphatic heterocycles. The molecule has 0 spiro atoms. The van der Waals surface area contributed by atoms with Gasteiger partial charge >= 0.3 is 11.9 Å². The second-order valence-electron chi connectivity index (χ2n) is 8.59. The summed E-state index contributed by atoms with van der Waals surface area (Å²) in [6.07, 6.45) is -1.09. The van der Waals surface area contributed by atoms with Crippen LogP contribution in [0.15, 0.2) is 48.5 Å². The van der Waals surface area contributed by atoms with Gasteiger partial charge in [-0.2, -0.15) is 0 Å². The molecule has 3 atom stereocenters. The molecule has 0 aliphatic carbocycles. The summed E-state index contributed by atoms with van der Waals surface area (Å²) < 4.78 is 30.8. The SMILES string of the molecule is CC[C@H](CC(=O)OC(C)(C)C)C(=O)O[C@@H](C)[C@H](Oc1cc(F)cc(Cl)c1)c1ccccc1. The molecule has 0 aliphatic rings. The summed E-state index contributed by atoms with van der Waals surface area (Å²) in [5.74, 6) is -1.95. The monoisotopic (exact) mass is 464 g/mol. The van der Waals surface area contributed by atoms with Crippen molar-refractivity contribution in [3.63, 3.8) is 0 Å². The molecule has 0 saturated carbocycles. The fourth-order valence-electron chi connectivity index (χ4n) is 3.14. The second kappa shape index (κ2) is 11.3. The van der Waals surface area contributed by atoms with Crippen molar-refractivity contribution in [2.24, 2.45) is 5.92 Å². The highest BCUT2D eigenvalue weighted by Crippen LogP contribution is 2.30. The average molecular weight is 465 g/mol. The van der Waals surface area contributed by atoms with Gasteiger partial charge in [-0.05, 0) is 51.8 Å². The van der Waals surface area contributed by atoms with Gasteiger partial charge in [0.15, 0.2) is 6.10 Å². The fraction of sp³-hybridized carbons (Fsp3) is 0.440. The van der Waals surface area contributed by atoms with Crippen LogP contribution in [0, 0.1) is 11.7 Å². The number of carbonyl (C=O) groups is 2. The van der Waals surface area contributed by atoms with Crippen LogP contribution in [0.4, 0.5) is 4.39 Å². The summed E-state index contributed by atoms with van der Waals surface area (Å²) in [5, 5.41) is 0.194. The van der Waals surface area contributed by atoms with Crippen molar-refractivity contribution in [3.05, 3.63) is 64.9 Å². The number of ether oxygens (including phenoxy) is 3. The van der Waals surface area contributed by atoms with Crippen LogP contribution >= 0.6 is 11.6 Å². The van der Waals surface area contributed by atoms with Gasteiger partial charge in [-0.15, -0.1) is 0 Å². The zero-order valence-electron chi connectivity index (χ0n) is 19.1. The molecule has 0 heterocycles. The lowest BCUT2D eigenvalue weighted by Gasteiger charge is -2.27. The highest BCUT2D eigenvalue weighted by Gasteiger charge is 2.30. The molecule has 0 unspecified atom stereocenters. The quantitative estimate of drug-likeness (QED) is 0.408. The van der Waals surface area contributed by atoms with Gasteiger partial charge in [-0.3, -0.25) is 9.59 Å². The van der Waals surface area contributed by atoms with E-state index < -0.39 is 41.5 Å². The molecule has 0 amide bonds. The lowest BCUT2D eigenvalue weighted by Crippen LogP contribution is -2.32. The van der Waals surface area contributed by atoms with E-state index in [-0.39, 0.29) is 17.2 Å². The molecule has 0 N–H and O–H groups in total. The maximum Gasteiger partial charge on any atom is 0.309 e. The van der Waals surface area contributed by atoms with Gasteiger partial charge in [0, 0.05) is 11.1 Å². The van der Waals surface area contributed by atoms with Crippen LogP contribution in [0.2, 0.25) is 5.02 Å². The van der Waals surface area contributed by atoms with Gasteiger partial charge in [0.25, 0.3) is 0 Å². The maximum atomic E-state index is 13.8. The van der Waals surface area contributed by atoms with Gasteiger partial charge in [-0.25, -0.2) is 4.39 Å². The van der Waals surface area contributed by atoms with Gasteiger partial charge in [0.2, 0.25) is 0 Å². The van der Waals surface area contributed by atoms with E-state index in [0.29, 0.717) is 6.42 Å². The van der Waals surface area contributed by atoms with Crippen molar-refractivity contribution < 1.29 is 28.2 Å². The number of esters is 2. The van der Waals surface area contributed by atoms with E-state index in [0.717, 1.165) is 5.56 Å². The molecule has 0 bridgehead atoms. The molecule has 7 heteroatoms. The number of halogens is 2. The van der Waals surface area contributed by atoms with Crippen LogP contribution in [-0.4, -0.2) is 23.6 Å². The van der Waals surface area contributed by atoms with Crippen LogP contribution in [0.1, 0.15) is 59.1 Å². The molecule has 32 heavy (non-hydrogen) atoms. The predicted molar refractivity (Wildman–Crippen MR) is 121 cm³/mol. The summed E-state index contributed by atoms with van der Waals surface area (Å²) in [6, 6.07) is 13.1. The molecule has 5 nitrogen and oxygen atoms in total. The van der Waals surface area contributed by atoms with Crippen molar-refractivity contribution in [1.82, 2.24) is 0 Å². The maximum absolute atomic E-state index is 13.8. The Balaban J connectivity index is 2.17. The van der Waals surface area contributed by atoms with Crippen molar-refractivity contribution in [1.29, 1.82) is 0 Å². The highest BCUT2D eigenvalue weighted by atomic mass is 35.5. The van der Waals surface area contributed by atoms with E-state index in [2.05, 4.69) is 0 Å². The summed E-state index contributed by atoms with van der Waals surface area (Å²) in [4.78, 5) is 25.0. The summed E-state index contributed by atoms with van der Waals surface area (Å²) in [7, 11) is 0. The molecular weight excluding hydrogens is 435 g/mol. The largest absolute Gasteiger partial charge is 0.482 e. The predicted octanol–water partition coefficient (Wildman–Crippen LogP) is 6.29. The van der Waals surface area contributed by atoms with Gasteiger partial charge < -0.3 is 14.2 Å². The first kappa shape index (κ1) is 25.7. The van der Waals surface area contributed by atoms with Crippen molar-refractivity contribution >= 4 is 23.5 Å².